The van der Waals surface area contributed by atoms with E-state index >= 15 is 0 Å². The summed E-state index contributed by atoms with van der Waals surface area (Å²) in [5, 5.41) is 0.653. The smallest absolute Gasteiger partial charge is 0.180 e. The first-order chi connectivity index (χ1) is 8.54. The van der Waals surface area contributed by atoms with Crippen molar-refractivity contribution < 1.29 is 0 Å². The highest BCUT2D eigenvalue weighted by molar-refractivity contribution is 7.15. The van der Waals surface area contributed by atoms with Gasteiger partial charge in [0.05, 0.1) is 0 Å². The molecule has 0 spiro atoms. The van der Waals surface area contributed by atoms with Gasteiger partial charge in [0.15, 0.2) is 5.13 Å². The maximum atomic E-state index is 5.68. The van der Waals surface area contributed by atoms with Gasteiger partial charge in [0.2, 0.25) is 0 Å². The van der Waals surface area contributed by atoms with Crippen molar-refractivity contribution in [2.75, 3.05) is 5.73 Å². The zero-order chi connectivity index (χ0) is 13.1. The van der Waals surface area contributed by atoms with Gasteiger partial charge in [-0.2, -0.15) is 0 Å². The first-order valence-corrected chi connectivity index (χ1v) is 7.67. The molecule has 2 N–H and O–H groups in total. The Hall–Kier alpha value is -0.910. The molecule has 0 aliphatic rings. The van der Waals surface area contributed by atoms with Crippen LogP contribution in [-0.2, 0) is 13.1 Å². The van der Waals surface area contributed by atoms with Gasteiger partial charge >= 0.3 is 0 Å². The summed E-state index contributed by atoms with van der Waals surface area (Å²) in [4.78, 5) is 10.6. The van der Waals surface area contributed by atoms with E-state index in [0.717, 1.165) is 13.1 Å². The minimum absolute atomic E-state index is 0.510. The molecule has 0 amide bonds. The molecule has 0 unspecified atom stereocenters. The normalized spacial score (nSPS) is 11.6. The highest BCUT2D eigenvalue weighted by Crippen LogP contribution is 2.22. The lowest BCUT2D eigenvalue weighted by molar-refractivity contribution is 0.207. The Morgan fingerprint density at radius 2 is 1.94 bits per heavy atom. The van der Waals surface area contributed by atoms with Gasteiger partial charge < -0.3 is 5.73 Å². The van der Waals surface area contributed by atoms with E-state index in [9.17, 15) is 0 Å². The van der Waals surface area contributed by atoms with Crippen LogP contribution in [0.15, 0.2) is 18.3 Å². The van der Waals surface area contributed by atoms with Crippen LogP contribution in [0.1, 0.15) is 28.5 Å². The maximum Gasteiger partial charge on any atom is 0.180 e. The van der Waals surface area contributed by atoms with Crippen molar-refractivity contribution in [2.45, 2.75) is 39.9 Å². The predicted octanol–water partition coefficient (Wildman–Crippen LogP) is 3.51. The van der Waals surface area contributed by atoms with Crippen molar-refractivity contribution in [3.8, 4) is 0 Å². The average Bonchev–Trinajstić information content (AvgIpc) is 2.87. The number of anilines is 1. The zero-order valence-electron chi connectivity index (χ0n) is 11.0. The average molecular weight is 281 g/mol. The first kappa shape index (κ1) is 13.5. The van der Waals surface area contributed by atoms with Gasteiger partial charge in [0.25, 0.3) is 0 Å². The fourth-order valence-corrected chi connectivity index (χ4v) is 3.41. The van der Waals surface area contributed by atoms with E-state index in [2.05, 4.69) is 42.8 Å². The molecule has 0 bridgehead atoms. The molecule has 2 rings (SSSR count). The Labute approximate surface area is 116 Å². The van der Waals surface area contributed by atoms with Crippen molar-refractivity contribution in [1.82, 2.24) is 9.88 Å². The van der Waals surface area contributed by atoms with Gasteiger partial charge in [-0.05, 0) is 32.9 Å². The van der Waals surface area contributed by atoms with Gasteiger partial charge in [-0.1, -0.05) is 0 Å². The molecule has 5 heteroatoms. The van der Waals surface area contributed by atoms with Crippen LogP contribution in [0.5, 0.6) is 0 Å². The summed E-state index contributed by atoms with van der Waals surface area (Å²) in [6.45, 7) is 8.52. The molecule has 0 radical (unpaired) electrons. The summed E-state index contributed by atoms with van der Waals surface area (Å²) >= 11 is 3.45. The number of hydrogen-bond donors (Lipinski definition) is 1. The van der Waals surface area contributed by atoms with Crippen LogP contribution in [0.4, 0.5) is 5.13 Å². The monoisotopic (exact) mass is 281 g/mol. The van der Waals surface area contributed by atoms with Crippen molar-refractivity contribution in [3.05, 3.63) is 33.0 Å². The Kier molecular flexibility index (Phi) is 4.37. The van der Waals surface area contributed by atoms with E-state index in [1.54, 1.807) is 11.3 Å². The van der Waals surface area contributed by atoms with Crippen LogP contribution >= 0.6 is 22.7 Å². The van der Waals surface area contributed by atoms with E-state index in [-0.39, 0.29) is 0 Å². The van der Waals surface area contributed by atoms with E-state index in [4.69, 9.17) is 5.73 Å². The van der Waals surface area contributed by atoms with E-state index in [1.165, 1.54) is 14.6 Å². The van der Waals surface area contributed by atoms with E-state index in [0.29, 0.717) is 11.2 Å². The number of rotatable bonds is 5. The maximum absolute atomic E-state index is 5.68. The molecular formula is C13H19N3S2. The summed E-state index contributed by atoms with van der Waals surface area (Å²) in [7, 11) is 0. The highest BCUT2D eigenvalue weighted by atomic mass is 32.1. The lowest BCUT2D eigenvalue weighted by Gasteiger charge is -2.25. The summed E-state index contributed by atoms with van der Waals surface area (Å²) in [6.07, 6.45) is 1.88. The molecule has 0 fully saturated rings. The van der Waals surface area contributed by atoms with Gasteiger partial charge in [-0.15, -0.1) is 22.7 Å². The summed E-state index contributed by atoms with van der Waals surface area (Å²) in [5.74, 6) is 0. The molecule has 98 valence electrons. The third-order valence-corrected chi connectivity index (χ3v) is 4.61. The number of hydrogen-bond acceptors (Lipinski definition) is 5. The van der Waals surface area contributed by atoms with Crippen LogP contribution in [0.25, 0.3) is 0 Å². The number of thiazole rings is 1. The van der Waals surface area contributed by atoms with Crippen LogP contribution in [0, 0.1) is 6.92 Å². The standard InChI is InChI=1S/C13H19N3S2/c1-9(2)16(7-11-5-4-10(3)17-11)8-12-6-15-13(14)18-12/h4-6,9H,7-8H2,1-3H3,(H2,14,15). The van der Waals surface area contributed by atoms with E-state index in [1.807, 2.05) is 17.5 Å². The fraction of sp³-hybridized carbons (Fsp3) is 0.462. The van der Waals surface area contributed by atoms with Crippen molar-refractivity contribution in [1.29, 1.82) is 0 Å². The Morgan fingerprint density at radius 1 is 1.22 bits per heavy atom. The highest BCUT2D eigenvalue weighted by Gasteiger charge is 2.13. The molecule has 0 saturated heterocycles. The summed E-state index contributed by atoms with van der Waals surface area (Å²) in [5.41, 5.74) is 5.68. The van der Waals surface area contributed by atoms with Crippen molar-refractivity contribution in [3.63, 3.8) is 0 Å². The molecular weight excluding hydrogens is 262 g/mol. The van der Waals surface area contributed by atoms with E-state index < -0.39 is 0 Å². The summed E-state index contributed by atoms with van der Waals surface area (Å²) in [6, 6.07) is 4.91. The second-order valence-corrected chi connectivity index (χ2v) is 7.20. The van der Waals surface area contributed by atoms with Crippen LogP contribution in [0.2, 0.25) is 0 Å². The molecule has 0 atom stereocenters. The third kappa shape index (κ3) is 3.54. The number of nitrogens with two attached hydrogens (primary N) is 1. The Morgan fingerprint density at radius 3 is 2.44 bits per heavy atom. The quantitative estimate of drug-likeness (QED) is 0.912. The van der Waals surface area contributed by atoms with Crippen LogP contribution in [-0.4, -0.2) is 15.9 Å². The zero-order valence-corrected chi connectivity index (χ0v) is 12.6. The number of thiophene rings is 1. The number of aromatic nitrogens is 1. The third-order valence-electron chi connectivity index (χ3n) is 2.82. The SMILES string of the molecule is Cc1ccc(CN(Cc2cnc(N)s2)C(C)C)s1. The van der Waals surface area contributed by atoms with Crippen LogP contribution in [0.3, 0.4) is 0 Å². The number of aryl methyl sites for hydroxylation is 1. The minimum atomic E-state index is 0.510. The first-order valence-electron chi connectivity index (χ1n) is 6.04. The Balaban J connectivity index is 2.04. The molecule has 0 aliphatic carbocycles. The molecule has 3 nitrogen and oxygen atoms in total. The van der Waals surface area contributed by atoms with Gasteiger partial charge in [0.1, 0.15) is 0 Å². The van der Waals surface area contributed by atoms with Gasteiger partial charge in [0, 0.05) is 40.0 Å². The topological polar surface area (TPSA) is 42.2 Å². The Bertz CT molecular complexity index is 460. The number of nitrogen functional groups attached to an aromatic ring is 1. The molecule has 0 aliphatic heterocycles. The lowest BCUT2D eigenvalue weighted by Crippen LogP contribution is -2.29. The molecule has 0 aromatic carbocycles. The molecule has 2 aromatic rings. The number of nitrogens with zero attached hydrogens (tertiary/aromatic N) is 2. The molecule has 2 heterocycles. The van der Waals surface area contributed by atoms with Gasteiger partial charge in [-0.25, -0.2) is 4.98 Å². The fourth-order valence-electron chi connectivity index (χ4n) is 1.79. The minimum Gasteiger partial charge on any atom is -0.375 e. The largest absolute Gasteiger partial charge is 0.375 e. The van der Waals surface area contributed by atoms with Crippen molar-refractivity contribution >= 4 is 27.8 Å². The lowest BCUT2D eigenvalue weighted by atomic mass is 10.3. The molecule has 18 heavy (non-hydrogen) atoms. The predicted molar refractivity (Wildman–Crippen MR) is 80.0 cm³/mol. The second kappa shape index (κ2) is 5.82. The summed E-state index contributed by atoms with van der Waals surface area (Å²) < 4.78 is 0. The van der Waals surface area contributed by atoms with Crippen molar-refractivity contribution in [2.24, 2.45) is 0 Å². The van der Waals surface area contributed by atoms with Crippen LogP contribution < -0.4 is 5.73 Å². The molecule has 0 saturated carbocycles. The van der Waals surface area contributed by atoms with Gasteiger partial charge in [-0.3, -0.25) is 4.90 Å². The second-order valence-electron chi connectivity index (χ2n) is 4.68. The molecule has 2 aromatic heterocycles.